The molecule has 2 aliphatic heterocycles. The van der Waals surface area contributed by atoms with Crippen molar-refractivity contribution in [3.63, 3.8) is 0 Å². The summed E-state index contributed by atoms with van der Waals surface area (Å²) in [7, 11) is 0. The lowest BCUT2D eigenvalue weighted by molar-refractivity contribution is -0.141. The molecular formula is C21H22BrNO2S. The molecule has 1 atom stereocenters. The molecule has 3 nitrogen and oxygen atoms in total. The van der Waals surface area contributed by atoms with Crippen LogP contribution in [0, 0.1) is 0 Å². The van der Waals surface area contributed by atoms with E-state index in [9.17, 15) is 4.79 Å². The molecule has 1 unspecified atom stereocenters. The zero-order valence-electron chi connectivity index (χ0n) is 14.6. The van der Waals surface area contributed by atoms with Gasteiger partial charge in [0.1, 0.15) is 5.37 Å². The van der Waals surface area contributed by atoms with Gasteiger partial charge in [-0.15, -0.1) is 11.8 Å². The van der Waals surface area contributed by atoms with Crippen molar-refractivity contribution in [1.82, 2.24) is 4.90 Å². The largest absolute Gasteiger partial charge is 0.381 e. The molecule has 136 valence electrons. The van der Waals surface area contributed by atoms with E-state index < -0.39 is 5.41 Å². The zero-order chi connectivity index (χ0) is 18.0. The zero-order valence-corrected chi connectivity index (χ0v) is 17.0. The Kier molecular flexibility index (Phi) is 5.39. The molecule has 4 rings (SSSR count). The van der Waals surface area contributed by atoms with Crippen molar-refractivity contribution in [3.8, 4) is 0 Å². The number of hydrogen-bond donors (Lipinski definition) is 0. The molecule has 0 saturated carbocycles. The summed E-state index contributed by atoms with van der Waals surface area (Å²) in [6.07, 6.45) is 1.51. The summed E-state index contributed by atoms with van der Waals surface area (Å²) in [6, 6.07) is 18.6. The van der Waals surface area contributed by atoms with Crippen molar-refractivity contribution in [2.24, 2.45) is 0 Å². The minimum atomic E-state index is -0.460. The van der Waals surface area contributed by atoms with Gasteiger partial charge in [-0.3, -0.25) is 4.79 Å². The van der Waals surface area contributed by atoms with Gasteiger partial charge in [0, 0.05) is 30.0 Å². The van der Waals surface area contributed by atoms with Crippen molar-refractivity contribution >= 4 is 33.6 Å². The van der Waals surface area contributed by atoms with Crippen molar-refractivity contribution in [2.45, 2.75) is 23.6 Å². The van der Waals surface area contributed by atoms with E-state index in [1.807, 2.05) is 30.0 Å². The minimum absolute atomic E-state index is 0.0963. The maximum Gasteiger partial charge on any atom is 0.234 e. The number of amides is 1. The van der Waals surface area contributed by atoms with Gasteiger partial charge in [0.15, 0.2) is 0 Å². The normalized spacial score (nSPS) is 22.3. The highest BCUT2D eigenvalue weighted by atomic mass is 79.9. The Bertz CT molecular complexity index is 759. The molecule has 2 heterocycles. The van der Waals surface area contributed by atoms with Gasteiger partial charge in [-0.05, 0) is 36.1 Å². The summed E-state index contributed by atoms with van der Waals surface area (Å²) >= 11 is 5.35. The fourth-order valence-electron chi connectivity index (χ4n) is 3.96. The molecule has 26 heavy (non-hydrogen) atoms. The second-order valence-corrected chi connectivity index (χ2v) is 8.94. The topological polar surface area (TPSA) is 29.5 Å². The number of halogens is 1. The number of carbonyl (C=O) groups excluding carboxylic acids is 1. The van der Waals surface area contributed by atoms with Gasteiger partial charge in [0.05, 0.1) is 5.41 Å². The van der Waals surface area contributed by atoms with Gasteiger partial charge < -0.3 is 9.64 Å². The van der Waals surface area contributed by atoms with Crippen LogP contribution >= 0.6 is 27.7 Å². The maximum absolute atomic E-state index is 13.8. The molecule has 0 bridgehead atoms. The van der Waals surface area contributed by atoms with E-state index in [4.69, 9.17) is 4.74 Å². The van der Waals surface area contributed by atoms with Gasteiger partial charge >= 0.3 is 0 Å². The van der Waals surface area contributed by atoms with Crippen molar-refractivity contribution in [2.75, 3.05) is 25.5 Å². The summed E-state index contributed by atoms with van der Waals surface area (Å²) < 4.78 is 6.66. The van der Waals surface area contributed by atoms with E-state index in [0.29, 0.717) is 13.2 Å². The van der Waals surface area contributed by atoms with Gasteiger partial charge in [-0.1, -0.05) is 58.4 Å². The van der Waals surface area contributed by atoms with Crippen LogP contribution in [0.3, 0.4) is 0 Å². The molecule has 0 radical (unpaired) electrons. The fourth-order valence-corrected chi connectivity index (χ4v) is 5.48. The third kappa shape index (κ3) is 3.32. The van der Waals surface area contributed by atoms with Gasteiger partial charge in [0.2, 0.25) is 5.91 Å². The molecule has 0 spiro atoms. The molecule has 2 saturated heterocycles. The van der Waals surface area contributed by atoms with E-state index in [1.165, 1.54) is 5.56 Å². The fraction of sp³-hybridized carbons (Fsp3) is 0.381. The minimum Gasteiger partial charge on any atom is -0.381 e. The quantitative estimate of drug-likeness (QED) is 0.700. The highest BCUT2D eigenvalue weighted by Gasteiger charge is 2.46. The lowest BCUT2D eigenvalue weighted by Crippen LogP contribution is -2.49. The Hall–Kier alpha value is -1.30. The lowest BCUT2D eigenvalue weighted by atomic mass is 9.73. The lowest BCUT2D eigenvalue weighted by Gasteiger charge is -2.40. The average molecular weight is 432 g/mol. The predicted octanol–water partition coefficient (Wildman–Crippen LogP) is 4.77. The number of carbonyl (C=O) groups is 1. The molecule has 2 aliphatic rings. The summed E-state index contributed by atoms with van der Waals surface area (Å²) in [5.74, 6) is 1.23. The van der Waals surface area contributed by atoms with Gasteiger partial charge in [0.25, 0.3) is 0 Å². The Morgan fingerprint density at radius 2 is 1.77 bits per heavy atom. The number of nitrogens with zero attached hydrogens (tertiary/aromatic N) is 1. The van der Waals surface area contributed by atoms with Crippen LogP contribution in [0.15, 0.2) is 59.1 Å². The highest BCUT2D eigenvalue weighted by Crippen LogP contribution is 2.44. The van der Waals surface area contributed by atoms with Crippen LogP contribution in [0.25, 0.3) is 0 Å². The molecule has 0 N–H and O–H groups in total. The summed E-state index contributed by atoms with van der Waals surface area (Å²) in [5, 5.41) is 0.0963. The van der Waals surface area contributed by atoms with E-state index in [2.05, 4.69) is 57.2 Å². The monoisotopic (exact) mass is 431 g/mol. The number of hydrogen-bond acceptors (Lipinski definition) is 3. The Balaban J connectivity index is 1.68. The van der Waals surface area contributed by atoms with E-state index in [0.717, 1.165) is 35.2 Å². The van der Waals surface area contributed by atoms with Gasteiger partial charge in [-0.2, -0.15) is 0 Å². The van der Waals surface area contributed by atoms with E-state index >= 15 is 0 Å². The SMILES string of the molecule is O=C(N1CCSC1c1ccc(Br)cc1)C1(c2ccccc2)CCOCC1. The standard InChI is InChI=1S/C21H22BrNO2S/c22-18-8-6-16(7-9-18)19-23(12-15-26-19)20(24)21(10-13-25-14-11-21)17-4-2-1-3-5-17/h1-9,19H,10-15H2. The Morgan fingerprint density at radius 1 is 1.08 bits per heavy atom. The number of rotatable bonds is 3. The molecule has 5 heteroatoms. The number of benzene rings is 2. The van der Waals surface area contributed by atoms with E-state index in [1.54, 1.807) is 0 Å². The average Bonchev–Trinajstić information content (AvgIpc) is 3.19. The molecular weight excluding hydrogens is 410 g/mol. The van der Waals surface area contributed by atoms with Crippen LogP contribution in [0.4, 0.5) is 0 Å². The number of ether oxygens (including phenoxy) is 1. The van der Waals surface area contributed by atoms with Crippen LogP contribution in [0.5, 0.6) is 0 Å². The third-order valence-electron chi connectivity index (χ3n) is 5.39. The van der Waals surface area contributed by atoms with Crippen molar-refractivity contribution < 1.29 is 9.53 Å². The van der Waals surface area contributed by atoms with Crippen LogP contribution in [0.2, 0.25) is 0 Å². The highest BCUT2D eigenvalue weighted by molar-refractivity contribution is 9.10. The molecule has 2 aromatic rings. The smallest absolute Gasteiger partial charge is 0.234 e. The van der Waals surface area contributed by atoms with Crippen molar-refractivity contribution in [1.29, 1.82) is 0 Å². The molecule has 0 aliphatic carbocycles. The van der Waals surface area contributed by atoms with Gasteiger partial charge in [-0.25, -0.2) is 0 Å². The summed E-state index contributed by atoms with van der Waals surface area (Å²) in [5.41, 5.74) is 1.86. The van der Waals surface area contributed by atoms with Crippen LogP contribution < -0.4 is 0 Å². The molecule has 0 aromatic heterocycles. The Labute approximate surface area is 167 Å². The van der Waals surface area contributed by atoms with Crippen LogP contribution in [0.1, 0.15) is 29.3 Å². The molecule has 2 aromatic carbocycles. The third-order valence-corrected chi connectivity index (χ3v) is 7.18. The summed E-state index contributed by atoms with van der Waals surface area (Å²) in [4.78, 5) is 15.9. The first kappa shape index (κ1) is 18.1. The van der Waals surface area contributed by atoms with Crippen LogP contribution in [-0.2, 0) is 14.9 Å². The predicted molar refractivity (Wildman–Crippen MR) is 109 cm³/mol. The number of thioether (sulfide) groups is 1. The Morgan fingerprint density at radius 3 is 2.46 bits per heavy atom. The molecule has 1 amide bonds. The van der Waals surface area contributed by atoms with Crippen molar-refractivity contribution in [3.05, 3.63) is 70.2 Å². The first-order valence-corrected chi connectivity index (χ1v) is 10.9. The first-order valence-electron chi connectivity index (χ1n) is 9.02. The first-order chi connectivity index (χ1) is 12.7. The van der Waals surface area contributed by atoms with Crippen LogP contribution in [-0.4, -0.2) is 36.3 Å². The maximum atomic E-state index is 13.8. The second kappa shape index (κ2) is 7.75. The molecule has 2 fully saturated rings. The summed E-state index contributed by atoms with van der Waals surface area (Å²) in [6.45, 7) is 2.09. The second-order valence-electron chi connectivity index (χ2n) is 6.83. The van der Waals surface area contributed by atoms with E-state index in [-0.39, 0.29) is 11.3 Å².